The molecule has 0 aliphatic heterocycles. The molecule has 0 spiro atoms. The zero-order chi connectivity index (χ0) is 13.7. The maximum atomic E-state index is 11.9. The van der Waals surface area contributed by atoms with Gasteiger partial charge in [0.15, 0.2) is 0 Å². The number of carbonyl (C=O) groups is 1. The van der Waals surface area contributed by atoms with E-state index >= 15 is 0 Å². The van der Waals surface area contributed by atoms with Gasteiger partial charge < -0.3 is 15.6 Å². The van der Waals surface area contributed by atoms with Crippen molar-refractivity contribution in [2.75, 3.05) is 5.73 Å². The molecule has 0 saturated heterocycles. The summed E-state index contributed by atoms with van der Waals surface area (Å²) >= 11 is 0. The van der Waals surface area contributed by atoms with E-state index in [1.54, 1.807) is 12.5 Å². The highest BCUT2D eigenvalue weighted by Crippen LogP contribution is 2.07. The lowest BCUT2D eigenvalue weighted by Gasteiger charge is -2.14. The van der Waals surface area contributed by atoms with E-state index in [1.165, 1.54) is 0 Å². The summed E-state index contributed by atoms with van der Waals surface area (Å²) in [5.74, 6) is -0.00165. The van der Waals surface area contributed by atoms with E-state index in [2.05, 4.69) is 10.3 Å². The molecule has 0 bridgehead atoms. The Labute approximate surface area is 112 Å². The van der Waals surface area contributed by atoms with Crippen LogP contribution >= 0.6 is 0 Å². The fourth-order valence-corrected chi connectivity index (χ4v) is 1.97. The van der Waals surface area contributed by atoms with E-state index < -0.39 is 0 Å². The van der Waals surface area contributed by atoms with Gasteiger partial charge in [0.1, 0.15) is 0 Å². The van der Waals surface area contributed by atoms with Crippen molar-refractivity contribution in [3.63, 3.8) is 0 Å². The summed E-state index contributed by atoms with van der Waals surface area (Å²) in [5, 5.41) is 2.96. The highest BCUT2D eigenvalue weighted by molar-refractivity contribution is 5.79. The van der Waals surface area contributed by atoms with Gasteiger partial charge in [0, 0.05) is 30.7 Å². The van der Waals surface area contributed by atoms with E-state index in [4.69, 9.17) is 5.73 Å². The van der Waals surface area contributed by atoms with E-state index in [-0.39, 0.29) is 11.9 Å². The molecule has 0 fully saturated rings. The first-order valence-corrected chi connectivity index (χ1v) is 6.23. The standard InChI is InChI=1S/C14H18N4O/c1-11(9-18-6-5-16-10-18)17-14(19)8-12-3-2-4-13(15)7-12/h2-7,10-11H,8-9,15H2,1H3,(H,17,19). The van der Waals surface area contributed by atoms with Crippen LogP contribution in [0.1, 0.15) is 12.5 Å². The predicted molar refractivity (Wildman–Crippen MR) is 74.4 cm³/mol. The van der Waals surface area contributed by atoms with E-state index in [0.29, 0.717) is 18.7 Å². The molecule has 19 heavy (non-hydrogen) atoms. The van der Waals surface area contributed by atoms with E-state index in [1.807, 2.05) is 42.0 Å². The Morgan fingerprint density at radius 3 is 3.05 bits per heavy atom. The monoisotopic (exact) mass is 258 g/mol. The number of aromatic nitrogens is 2. The third kappa shape index (κ3) is 4.13. The largest absolute Gasteiger partial charge is 0.399 e. The van der Waals surface area contributed by atoms with Crippen LogP contribution in [0.5, 0.6) is 0 Å². The lowest BCUT2D eigenvalue weighted by Crippen LogP contribution is -2.36. The van der Waals surface area contributed by atoms with Gasteiger partial charge in [0.25, 0.3) is 0 Å². The van der Waals surface area contributed by atoms with E-state index in [9.17, 15) is 4.79 Å². The molecule has 1 aromatic carbocycles. The summed E-state index contributed by atoms with van der Waals surface area (Å²) in [6, 6.07) is 7.44. The molecule has 5 nitrogen and oxygen atoms in total. The number of nitrogens with two attached hydrogens (primary N) is 1. The van der Waals surface area contributed by atoms with Crippen molar-refractivity contribution in [2.45, 2.75) is 25.9 Å². The lowest BCUT2D eigenvalue weighted by atomic mass is 10.1. The van der Waals surface area contributed by atoms with Crippen LogP contribution in [0.2, 0.25) is 0 Å². The van der Waals surface area contributed by atoms with Gasteiger partial charge in [0.2, 0.25) is 5.91 Å². The molecule has 5 heteroatoms. The quantitative estimate of drug-likeness (QED) is 0.792. The smallest absolute Gasteiger partial charge is 0.224 e. The van der Waals surface area contributed by atoms with Gasteiger partial charge in [0.05, 0.1) is 12.7 Å². The fraction of sp³-hybridized carbons (Fsp3) is 0.286. The van der Waals surface area contributed by atoms with Crippen molar-refractivity contribution in [1.29, 1.82) is 0 Å². The topological polar surface area (TPSA) is 72.9 Å². The number of hydrogen-bond acceptors (Lipinski definition) is 3. The highest BCUT2D eigenvalue weighted by Gasteiger charge is 2.08. The van der Waals surface area contributed by atoms with Gasteiger partial charge in [-0.2, -0.15) is 0 Å². The maximum Gasteiger partial charge on any atom is 0.224 e. The van der Waals surface area contributed by atoms with Crippen LogP contribution in [0.25, 0.3) is 0 Å². The Morgan fingerprint density at radius 2 is 2.37 bits per heavy atom. The minimum Gasteiger partial charge on any atom is -0.399 e. The second-order valence-electron chi connectivity index (χ2n) is 4.65. The molecule has 2 rings (SSSR count). The molecule has 1 atom stereocenters. The zero-order valence-electron chi connectivity index (χ0n) is 10.9. The third-order valence-electron chi connectivity index (χ3n) is 2.77. The molecule has 0 aliphatic rings. The SMILES string of the molecule is CC(Cn1ccnc1)NC(=O)Cc1cccc(N)c1. The van der Waals surface area contributed by atoms with Gasteiger partial charge in [-0.25, -0.2) is 4.98 Å². The summed E-state index contributed by atoms with van der Waals surface area (Å²) in [7, 11) is 0. The number of hydrogen-bond donors (Lipinski definition) is 2. The molecule has 1 unspecified atom stereocenters. The van der Waals surface area contributed by atoms with Crippen LogP contribution in [-0.4, -0.2) is 21.5 Å². The summed E-state index contributed by atoms with van der Waals surface area (Å²) in [6.07, 6.45) is 5.68. The second kappa shape index (κ2) is 6.04. The number of amides is 1. The van der Waals surface area contributed by atoms with Crippen LogP contribution < -0.4 is 11.1 Å². The number of carbonyl (C=O) groups excluding carboxylic acids is 1. The molecule has 3 N–H and O–H groups in total. The Bertz CT molecular complexity index is 536. The molecular formula is C14H18N4O. The first kappa shape index (κ1) is 13.1. The summed E-state index contributed by atoms with van der Waals surface area (Å²) in [4.78, 5) is 15.9. The highest BCUT2D eigenvalue weighted by atomic mass is 16.1. The third-order valence-corrected chi connectivity index (χ3v) is 2.77. The molecule has 0 radical (unpaired) electrons. The normalized spacial score (nSPS) is 12.1. The Balaban J connectivity index is 1.84. The molecule has 100 valence electrons. The van der Waals surface area contributed by atoms with Gasteiger partial charge in [-0.3, -0.25) is 4.79 Å². The Hall–Kier alpha value is -2.30. The molecule has 1 heterocycles. The number of benzene rings is 1. The maximum absolute atomic E-state index is 11.9. The van der Waals surface area contributed by atoms with Gasteiger partial charge in [-0.1, -0.05) is 12.1 Å². The molecule has 0 saturated carbocycles. The first-order valence-electron chi connectivity index (χ1n) is 6.23. The van der Waals surface area contributed by atoms with Crippen molar-refractivity contribution in [1.82, 2.24) is 14.9 Å². The first-order chi connectivity index (χ1) is 9.13. The Kier molecular flexibility index (Phi) is 4.18. The van der Waals surface area contributed by atoms with Crippen molar-refractivity contribution < 1.29 is 4.79 Å². The Morgan fingerprint density at radius 1 is 1.53 bits per heavy atom. The van der Waals surface area contributed by atoms with Crippen molar-refractivity contribution >= 4 is 11.6 Å². The van der Waals surface area contributed by atoms with Crippen LogP contribution in [-0.2, 0) is 17.8 Å². The molecule has 1 amide bonds. The number of nitrogens with zero attached hydrogens (tertiary/aromatic N) is 2. The predicted octanol–water partition coefficient (Wildman–Crippen LogP) is 1.21. The summed E-state index contributed by atoms with van der Waals surface area (Å²) in [5.41, 5.74) is 7.28. The number of anilines is 1. The minimum atomic E-state index is -0.00165. The number of rotatable bonds is 5. The number of nitrogen functional groups attached to an aromatic ring is 1. The molecule has 0 aliphatic carbocycles. The zero-order valence-corrected chi connectivity index (χ0v) is 10.9. The van der Waals surface area contributed by atoms with Crippen molar-refractivity contribution in [3.8, 4) is 0 Å². The van der Waals surface area contributed by atoms with Crippen molar-refractivity contribution in [3.05, 3.63) is 48.5 Å². The van der Waals surface area contributed by atoms with Gasteiger partial charge in [-0.15, -0.1) is 0 Å². The van der Waals surface area contributed by atoms with Crippen LogP contribution in [0.15, 0.2) is 43.0 Å². The summed E-state index contributed by atoms with van der Waals surface area (Å²) in [6.45, 7) is 2.68. The average Bonchev–Trinajstić information content (AvgIpc) is 2.81. The van der Waals surface area contributed by atoms with Crippen molar-refractivity contribution in [2.24, 2.45) is 0 Å². The lowest BCUT2D eigenvalue weighted by molar-refractivity contribution is -0.121. The molecule has 2 aromatic rings. The minimum absolute atomic E-state index is 0.00165. The van der Waals surface area contributed by atoms with Crippen LogP contribution in [0.3, 0.4) is 0 Å². The average molecular weight is 258 g/mol. The number of nitrogens with one attached hydrogen (secondary N) is 1. The van der Waals surface area contributed by atoms with Gasteiger partial charge in [-0.05, 0) is 24.6 Å². The van der Waals surface area contributed by atoms with Crippen LogP contribution in [0.4, 0.5) is 5.69 Å². The summed E-state index contributed by atoms with van der Waals surface area (Å²) < 4.78 is 1.94. The molecular weight excluding hydrogens is 240 g/mol. The van der Waals surface area contributed by atoms with Gasteiger partial charge >= 0.3 is 0 Å². The fourth-order valence-electron chi connectivity index (χ4n) is 1.97. The molecule has 1 aromatic heterocycles. The number of imidazole rings is 1. The van der Waals surface area contributed by atoms with Crippen LogP contribution in [0, 0.1) is 0 Å². The second-order valence-corrected chi connectivity index (χ2v) is 4.65. The van der Waals surface area contributed by atoms with E-state index in [0.717, 1.165) is 5.56 Å².